The predicted molar refractivity (Wildman–Crippen MR) is 123 cm³/mol. The highest BCUT2D eigenvalue weighted by Crippen LogP contribution is 2.33. The van der Waals surface area contributed by atoms with E-state index in [0.717, 1.165) is 11.3 Å². The van der Waals surface area contributed by atoms with Crippen LogP contribution in [0.3, 0.4) is 0 Å². The molecule has 0 fully saturated rings. The van der Waals surface area contributed by atoms with Gasteiger partial charge in [-0.2, -0.15) is 0 Å². The van der Waals surface area contributed by atoms with Gasteiger partial charge in [0.25, 0.3) is 15.7 Å². The fourth-order valence-corrected chi connectivity index (χ4v) is 5.93. The van der Waals surface area contributed by atoms with Crippen molar-refractivity contribution in [2.24, 2.45) is 0 Å². The molecule has 0 unspecified atom stereocenters. The van der Waals surface area contributed by atoms with Gasteiger partial charge in [0.2, 0.25) is 0 Å². The fourth-order valence-electron chi connectivity index (χ4n) is 2.94. The Morgan fingerprint density at radius 3 is 2.59 bits per heavy atom. The van der Waals surface area contributed by atoms with Crippen molar-refractivity contribution in [3.63, 3.8) is 0 Å². The minimum atomic E-state index is -4.12. The third-order valence-corrected chi connectivity index (χ3v) is 7.83. The SMILES string of the molecule is COC(=O)c1sccc1S(=O)(=O)Nc1ccc(OC)cc1Cc1cccc([N+](=O)[O-])c1Br. The first kappa shape index (κ1) is 23.7. The number of hydrogen-bond donors (Lipinski definition) is 1. The van der Waals surface area contributed by atoms with Gasteiger partial charge in [-0.1, -0.05) is 12.1 Å². The Balaban J connectivity index is 2.03. The number of benzene rings is 2. The second-order valence-electron chi connectivity index (χ2n) is 6.42. The molecule has 1 N–H and O–H groups in total. The van der Waals surface area contributed by atoms with Crippen molar-refractivity contribution >= 4 is 54.6 Å². The average Bonchev–Trinajstić information content (AvgIpc) is 3.26. The summed E-state index contributed by atoms with van der Waals surface area (Å²) in [5.41, 5.74) is 1.24. The van der Waals surface area contributed by atoms with Crippen LogP contribution in [0, 0.1) is 10.1 Å². The molecule has 32 heavy (non-hydrogen) atoms. The topological polar surface area (TPSA) is 125 Å². The molecule has 0 amide bonds. The van der Waals surface area contributed by atoms with Crippen LogP contribution in [0.15, 0.2) is 57.2 Å². The van der Waals surface area contributed by atoms with E-state index in [-0.39, 0.29) is 27.6 Å². The lowest BCUT2D eigenvalue weighted by Gasteiger charge is -2.15. The van der Waals surface area contributed by atoms with Gasteiger partial charge in [0.1, 0.15) is 15.5 Å². The van der Waals surface area contributed by atoms with Crippen LogP contribution < -0.4 is 9.46 Å². The summed E-state index contributed by atoms with van der Waals surface area (Å²) in [6, 6.07) is 10.7. The highest BCUT2D eigenvalue weighted by molar-refractivity contribution is 9.10. The van der Waals surface area contributed by atoms with Gasteiger partial charge < -0.3 is 9.47 Å². The maximum Gasteiger partial charge on any atom is 0.349 e. The van der Waals surface area contributed by atoms with Gasteiger partial charge in [0.05, 0.1) is 29.3 Å². The number of nitro groups is 1. The van der Waals surface area contributed by atoms with Crippen LogP contribution in [0.25, 0.3) is 0 Å². The Bertz CT molecular complexity index is 1290. The molecule has 0 spiro atoms. The Kier molecular flexibility index (Phi) is 7.16. The summed E-state index contributed by atoms with van der Waals surface area (Å²) in [4.78, 5) is 22.4. The van der Waals surface area contributed by atoms with E-state index in [2.05, 4.69) is 25.4 Å². The Morgan fingerprint density at radius 2 is 1.94 bits per heavy atom. The molecule has 0 atom stereocenters. The predicted octanol–water partition coefficient (Wildman–Crippen LogP) is 4.61. The molecule has 0 aliphatic heterocycles. The summed E-state index contributed by atoms with van der Waals surface area (Å²) in [5.74, 6) is -0.272. The summed E-state index contributed by atoms with van der Waals surface area (Å²) < 4.78 is 38.8. The zero-order valence-electron chi connectivity index (χ0n) is 16.8. The first-order valence-corrected chi connectivity index (χ1v) is 12.1. The third-order valence-electron chi connectivity index (χ3n) is 4.48. The van der Waals surface area contributed by atoms with E-state index in [1.165, 1.54) is 37.8 Å². The van der Waals surface area contributed by atoms with Crippen LogP contribution in [0.5, 0.6) is 5.75 Å². The van der Waals surface area contributed by atoms with Crippen molar-refractivity contribution in [3.05, 3.63) is 78.4 Å². The van der Waals surface area contributed by atoms with Crippen LogP contribution in [0.2, 0.25) is 0 Å². The number of sulfonamides is 1. The molecule has 0 saturated heterocycles. The summed E-state index contributed by atoms with van der Waals surface area (Å²) in [5, 5.41) is 12.7. The molecule has 12 heteroatoms. The lowest BCUT2D eigenvalue weighted by molar-refractivity contribution is -0.385. The number of ether oxygens (including phenoxy) is 2. The number of carbonyl (C=O) groups is 1. The van der Waals surface area contributed by atoms with Crippen LogP contribution in [0.4, 0.5) is 11.4 Å². The molecule has 1 aromatic heterocycles. The van der Waals surface area contributed by atoms with Gasteiger partial charge in [0, 0.05) is 12.5 Å². The van der Waals surface area contributed by atoms with Gasteiger partial charge in [-0.05, 0) is 56.7 Å². The van der Waals surface area contributed by atoms with E-state index in [1.54, 1.807) is 24.3 Å². The number of carbonyl (C=O) groups excluding carboxylic acids is 1. The summed E-state index contributed by atoms with van der Waals surface area (Å²) in [7, 11) is -1.48. The average molecular weight is 541 g/mol. The monoisotopic (exact) mass is 540 g/mol. The van der Waals surface area contributed by atoms with Crippen molar-refractivity contribution in [2.75, 3.05) is 18.9 Å². The normalized spacial score (nSPS) is 11.1. The molecule has 0 aliphatic rings. The number of hydrogen-bond acceptors (Lipinski definition) is 8. The second kappa shape index (κ2) is 9.67. The molecule has 0 radical (unpaired) electrons. The molecule has 3 aromatic rings. The molecule has 0 aliphatic carbocycles. The minimum absolute atomic E-state index is 0.0449. The minimum Gasteiger partial charge on any atom is -0.497 e. The number of nitrogens with zero attached hydrogens (tertiary/aromatic N) is 1. The largest absolute Gasteiger partial charge is 0.497 e. The van der Waals surface area contributed by atoms with Crippen LogP contribution in [0.1, 0.15) is 20.8 Å². The van der Waals surface area contributed by atoms with Gasteiger partial charge in [-0.25, -0.2) is 13.2 Å². The van der Waals surface area contributed by atoms with Crippen molar-refractivity contribution in [1.82, 2.24) is 0 Å². The third kappa shape index (κ3) is 4.92. The summed E-state index contributed by atoms with van der Waals surface area (Å²) >= 11 is 4.22. The number of esters is 1. The second-order valence-corrected chi connectivity index (χ2v) is 9.78. The first-order chi connectivity index (χ1) is 15.2. The van der Waals surface area contributed by atoms with Gasteiger partial charge in [-0.15, -0.1) is 11.3 Å². The standard InChI is InChI=1S/C20H17BrN2O7S2/c1-29-14-6-7-15(22-32(27,28)17-8-9-31-19(17)20(24)30-2)13(11-14)10-12-4-3-5-16(18(12)21)23(25)26/h3-9,11,22H,10H2,1-2H3. The van der Waals surface area contributed by atoms with Crippen LogP contribution in [-0.4, -0.2) is 33.5 Å². The zero-order valence-corrected chi connectivity index (χ0v) is 20.0. The van der Waals surface area contributed by atoms with Gasteiger partial charge >= 0.3 is 5.97 Å². The smallest absolute Gasteiger partial charge is 0.349 e. The number of nitrogens with one attached hydrogen (secondary N) is 1. The van der Waals surface area contributed by atoms with E-state index in [9.17, 15) is 23.3 Å². The number of methoxy groups -OCH3 is 2. The first-order valence-electron chi connectivity index (χ1n) is 8.95. The maximum absolute atomic E-state index is 13.0. The van der Waals surface area contributed by atoms with Crippen molar-refractivity contribution in [3.8, 4) is 5.75 Å². The van der Waals surface area contributed by atoms with E-state index >= 15 is 0 Å². The summed E-state index contributed by atoms with van der Waals surface area (Å²) in [6.07, 6.45) is 0.171. The molecule has 0 bridgehead atoms. The van der Waals surface area contributed by atoms with Gasteiger partial charge in [0.15, 0.2) is 0 Å². The van der Waals surface area contributed by atoms with Crippen LogP contribution >= 0.6 is 27.3 Å². The number of thiophene rings is 1. The van der Waals surface area contributed by atoms with Crippen molar-refractivity contribution in [1.29, 1.82) is 0 Å². The summed E-state index contributed by atoms with van der Waals surface area (Å²) in [6.45, 7) is 0. The van der Waals surface area contributed by atoms with E-state index in [1.807, 2.05) is 0 Å². The molecule has 2 aromatic carbocycles. The highest BCUT2D eigenvalue weighted by Gasteiger charge is 2.26. The number of nitro benzene ring substituents is 1. The molecule has 9 nitrogen and oxygen atoms in total. The molecule has 0 saturated carbocycles. The number of rotatable bonds is 8. The number of halogens is 1. The molecule has 168 valence electrons. The zero-order chi connectivity index (χ0) is 23.5. The number of anilines is 1. The maximum atomic E-state index is 13.0. The molecular weight excluding hydrogens is 524 g/mol. The fraction of sp³-hybridized carbons (Fsp3) is 0.150. The lowest BCUT2D eigenvalue weighted by Crippen LogP contribution is -2.17. The van der Waals surface area contributed by atoms with Crippen molar-refractivity contribution < 1.29 is 27.6 Å². The van der Waals surface area contributed by atoms with Crippen LogP contribution in [-0.2, 0) is 21.2 Å². The Hall–Kier alpha value is -2.96. The molecule has 3 rings (SSSR count). The van der Waals surface area contributed by atoms with E-state index in [0.29, 0.717) is 21.3 Å². The Labute approximate surface area is 196 Å². The highest BCUT2D eigenvalue weighted by atomic mass is 79.9. The van der Waals surface area contributed by atoms with E-state index < -0.39 is 20.9 Å². The van der Waals surface area contributed by atoms with Crippen molar-refractivity contribution in [2.45, 2.75) is 11.3 Å². The molecule has 1 heterocycles. The van der Waals surface area contributed by atoms with Gasteiger partial charge in [-0.3, -0.25) is 14.8 Å². The van der Waals surface area contributed by atoms with E-state index in [4.69, 9.17) is 4.74 Å². The Morgan fingerprint density at radius 1 is 1.19 bits per heavy atom. The molecular formula is C20H17BrN2O7S2. The lowest BCUT2D eigenvalue weighted by atomic mass is 10.0. The quantitative estimate of drug-likeness (QED) is 0.251.